The van der Waals surface area contributed by atoms with Crippen LogP contribution in [0.15, 0.2) is 0 Å². The van der Waals surface area contributed by atoms with E-state index < -0.39 is 35.9 Å². The van der Waals surface area contributed by atoms with Gasteiger partial charge in [0.05, 0.1) is 50.5 Å². The van der Waals surface area contributed by atoms with Crippen molar-refractivity contribution in [1.82, 2.24) is 0 Å². The molecule has 2 saturated carbocycles. The van der Waals surface area contributed by atoms with Crippen LogP contribution in [-0.4, -0.2) is 84.3 Å². The lowest BCUT2D eigenvalue weighted by Crippen LogP contribution is -2.24. The number of carbonyl (C=O) groups is 6. The van der Waals surface area contributed by atoms with Gasteiger partial charge in [0.2, 0.25) is 0 Å². The number of aliphatic hydroxyl groups is 2. The number of hydrogen-bond donors (Lipinski definition) is 2. The molecule has 0 amide bonds. The van der Waals surface area contributed by atoms with Gasteiger partial charge in [0.15, 0.2) is 0 Å². The van der Waals surface area contributed by atoms with Crippen molar-refractivity contribution in [2.45, 2.75) is 106 Å². The molecule has 0 aromatic rings. The third-order valence-corrected chi connectivity index (χ3v) is 6.58. The molecule has 0 heterocycles. The van der Waals surface area contributed by atoms with Gasteiger partial charge in [0.25, 0.3) is 0 Å². The maximum absolute atomic E-state index is 11.1. The third-order valence-electron chi connectivity index (χ3n) is 6.58. The zero-order valence-corrected chi connectivity index (χ0v) is 26.5. The molecule has 0 aromatic carbocycles. The maximum atomic E-state index is 11.1. The molecule has 2 fully saturated rings. The number of ketones is 2. The molecule has 12 nitrogen and oxygen atoms in total. The molecule has 12 heteroatoms. The van der Waals surface area contributed by atoms with Crippen LogP contribution in [0.4, 0.5) is 0 Å². The average molecular weight is 605 g/mol. The van der Waals surface area contributed by atoms with Crippen molar-refractivity contribution in [1.29, 1.82) is 0 Å². The van der Waals surface area contributed by atoms with Gasteiger partial charge in [-0.1, -0.05) is 0 Å². The van der Waals surface area contributed by atoms with Crippen molar-refractivity contribution in [3.8, 4) is 0 Å². The van der Waals surface area contributed by atoms with Crippen LogP contribution in [0.1, 0.15) is 93.9 Å². The van der Waals surface area contributed by atoms with Crippen LogP contribution >= 0.6 is 0 Å². The van der Waals surface area contributed by atoms with Gasteiger partial charge < -0.3 is 29.2 Å². The van der Waals surface area contributed by atoms with Crippen LogP contribution in [0.25, 0.3) is 0 Å². The van der Waals surface area contributed by atoms with E-state index in [0.717, 1.165) is 25.7 Å². The minimum absolute atomic E-state index is 0.0449. The first kappa shape index (κ1) is 41.3. The van der Waals surface area contributed by atoms with E-state index in [1.807, 2.05) is 0 Å². The number of Topliss-reactive ketones (excluding diaryl/α,β-unsaturated/α-hetero) is 2. The van der Waals surface area contributed by atoms with Crippen molar-refractivity contribution >= 4 is 35.4 Å². The Bertz CT molecular complexity index is 838. The Labute approximate surface area is 249 Å². The summed E-state index contributed by atoms with van der Waals surface area (Å²) in [6.07, 6.45) is 3.42. The van der Waals surface area contributed by atoms with Gasteiger partial charge in [-0.05, 0) is 87.5 Å². The van der Waals surface area contributed by atoms with Crippen LogP contribution in [0.2, 0.25) is 0 Å². The summed E-state index contributed by atoms with van der Waals surface area (Å²) in [6.45, 7) is 14.6. The van der Waals surface area contributed by atoms with Crippen molar-refractivity contribution in [3.63, 3.8) is 0 Å². The van der Waals surface area contributed by atoms with Crippen LogP contribution in [-0.2, 0) is 47.7 Å². The molecule has 0 radical (unpaired) electrons. The number of ether oxygens (including phenoxy) is 4. The van der Waals surface area contributed by atoms with E-state index in [-0.39, 0.29) is 35.4 Å². The summed E-state index contributed by atoms with van der Waals surface area (Å²) in [7, 11) is 0. The minimum atomic E-state index is -0.626. The van der Waals surface area contributed by atoms with Crippen LogP contribution in [0.5, 0.6) is 0 Å². The summed E-state index contributed by atoms with van der Waals surface area (Å²) in [4.78, 5) is 65.2. The first-order valence-electron chi connectivity index (χ1n) is 14.7. The first-order valence-corrected chi connectivity index (χ1v) is 14.7. The normalized spacial score (nSPS) is 20.9. The number of esters is 4. The molecule has 2 rings (SSSR count). The van der Waals surface area contributed by atoms with Crippen molar-refractivity contribution in [2.24, 2.45) is 23.7 Å². The molecule has 0 saturated heterocycles. The molecule has 6 atom stereocenters. The predicted octanol–water partition coefficient (Wildman–Crippen LogP) is 2.97. The lowest BCUT2D eigenvalue weighted by molar-refractivity contribution is -0.151. The van der Waals surface area contributed by atoms with Crippen LogP contribution in [0.3, 0.4) is 0 Å². The van der Waals surface area contributed by atoms with Gasteiger partial charge >= 0.3 is 23.9 Å². The van der Waals surface area contributed by atoms with Gasteiger partial charge in [-0.3, -0.25) is 28.8 Å². The summed E-state index contributed by atoms with van der Waals surface area (Å²) < 4.78 is 18.8. The number of hydrogen-bond acceptors (Lipinski definition) is 12. The lowest BCUT2D eigenvalue weighted by Gasteiger charge is -2.11. The van der Waals surface area contributed by atoms with E-state index in [1.54, 1.807) is 48.5 Å². The third kappa shape index (κ3) is 17.2. The van der Waals surface area contributed by atoms with Gasteiger partial charge in [0.1, 0.15) is 23.4 Å². The Morgan fingerprint density at radius 1 is 0.762 bits per heavy atom. The lowest BCUT2D eigenvalue weighted by atomic mass is 10.1. The van der Waals surface area contributed by atoms with E-state index in [2.05, 4.69) is 9.47 Å². The molecule has 0 spiro atoms. The smallest absolute Gasteiger partial charge is 0.316 e. The van der Waals surface area contributed by atoms with Crippen molar-refractivity contribution in [3.05, 3.63) is 0 Å². The maximum Gasteiger partial charge on any atom is 0.316 e. The van der Waals surface area contributed by atoms with E-state index in [1.165, 1.54) is 6.92 Å². The first-order chi connectivity index (χ1) is 19.7. The zero-order chi connectivity index (χ0) is 32.8. The molecule has 0 aromatic heterocycles. The predicted molar refractivity (Wildman–Crippen MR) is 153 cm³/mol. The van der Waals surface area contributed by atoms with Crippen LogP contribution in [0, 0.1) is 23.7 Å². The fourth-order valence-corrected chi connectivity index (χ4v) is 3.68. The van der Waals surface area contributed by atoms with E-state index in [0.29, 0.717) is 39.3 Å². The Balaban J connectivity index is 0. The zero-order valence-electron chi connectivity index (χ0n) is 26.5. The Morgan fingerprint density at radius 3 is 1.64 bits per heavy atom. The second kappa shape index (κ2) is 23.7. The minimum Gasteiger partial charge on any atom is -0.466 e. The second-order valence-electron chi connectivity index (χ2n) is 9.89. The molecule has 0 aliphatic heterocycles. The standard InChI is InChI=1S/C8H14O3.C8H12O3.C7H14O3.C7H12O3/c2*1-2-11-8(10)6-4-3-5-7(6)9;2*1-4-10-7(9)5(2)6(3)8/h6-7,9H,2-5H2,1H3;6H,2-5H2,1H3;5-6,8H,4H2,1-3H3;5H,4H2,1-3H3. The monoisotopic (exact) mass is 604 g/mol. The summed E-state index contributed by atoms with van der Waals surface area (Å²) in [5.74, 6) is -3.19. The fourth-order valence-electron chi connectivity index (χ4n) is 3.68. The van der Waals surface area contributed by atoms with Crippen LogP contribution < -0.4 is 0 Å². The molecule has 0 bridgehead atoms. The largest absolute Gasteiger partial charge is 0.466 e. The second-order valence-corrected chi connectivity index (χ2v) is 9.89. The summed E-state index contributed by atoms with van der Waals surface area (Å²) in [5, 5.41) is 18.2. The Hall–Kier alpha value is -2.86. The highest BCUT2D eigenvalue weighted by Crippen LogP contribution is 2.26. The number of carbonyl (C=O) groups excluding carboxylic acids is 6. The SMILES string of the molecule is CCOC(=O)C(C)C(C)=O.CCOC(=O)C(C)C(C)O.CCOC(=O)C1CCCC1=O.CCOC(=O)C1CCCC1O. The van der Waals surface area contributed by atoms with Gasteiger partial charge in [-0.15, -0.1) is 0 Å². The van der Waals surface area contributed by atoms with E-state index >= 15 is 0 Å². The highest BCUT2D eigenvalue weighted by atomic mass is 16.5. The molecule has 244 valence electrons. The molecule has 2 N–H and O–H groups in total. The van der Waals surface area contributed by atoms with Gasteiger partial charge in [-0.2, -0.15) is 0 Å². The molecule has 6 unspecified atom stereocenters. The molecular formula is C30H52O12. The number of aliphatic hydroxyl groups excluding tert-OH is 2. The summed E-state index contributed by atoms with van der Waals surface area (Å²) in [6, 6.07) is 0. The van der Waals surface area contributed by atoms with Gasteiger partial charge in [-0.25, -0.2) is 0 Å². The quantitative estimate of drug-likeness (QED) is 0.212. The summed E-state index contributed by atoms with van der Waals surface area (Å²) >= 11 is 0. The molecular weight excluding hydrogens is 552 g/mol. The number of rotatable bonds is 10. The summed E-state index contributed by atoms with van der Waals surface area (Å²) in [5.41, 5.74) is 0. The van der Waals surface area contributed by atoms with Gasteiger partial charge in [0, 0.05) is 6.42 Å². The fraction of sp³-hybridized carbons (Fsp3) is 0.800. The topological polar surface area (TPSA) is 180 Å². The van der Waals surface area contributed by atoms with E-state index in [9.17, 15) is 33.9 Å². The Morgan fingerprint density at radius 2 is 1.26 bits per heavy atom. The molecule has 2 aliphatic rings. The van der Waals surface area contributed by atoms with Crippen molar-refractivity contribution in [2.75, 3.05) is 26.4 Å². The van der Waals surface area contributed by atoms with E-state index in [4.69, 9.17) is 14.6 Å². The average Bonchev–Trinajstić information content (AvgIpc) is 3.57. The Kier molecular flexibility index (Phi) is 23.3. The highest BCUT2D eigenvalue weighted by Gasteiger charge is 2.33. The molecule has 2 aliphatic carbocycles. The molecule has 42 heavy (non-hydrogen) atoms. The highest BCUT2D eigenvalue weighted by molar-refractivity contribution is 6.00. The van der Waals surface area contributed by atoms with Crippen molar-refractivity contribution < 1.29 is 57.9 Å².